The van der Waals surface area contributed by atoms with E-state index in [1.54, 1.807) is 12.1 Å². The van der Waals surface area contributed by atoms with Crippen LogP contribution in [0.25, 0.3) is 0 Å². The average Bonchev–Trinajstić information content (AvgIpc) is 2.48. The molecule has 2 aromatic rings. The van der Waals surface area contributed by atoms with E-state index in [1.807, 2.05) is 24.3 Å². The second-order valence-corrected chi connectivity index (χ2v) is 4.76. The summed E-state index contributed by atoms with van der Waals surface area (Å²) in [4.78, 5) is 11.7. The molecule has 0 fully saturated rings. The van der Waals surface area contributed by atoms with Crippen LogP contribution in [-0.4, -0.2) is 19.0 Å². The fourth-order valence-corrected chi connectivity index (χ4v) is 2.26. The van der Waals surface area contributed by atoms with E-state index >= 15 is 0 Å². The highest BCUT2D eigenvalue weighted by Crippen LogP contribution is 2.29. The summed E-state index contributed by atoms with van der Waals surface area (Å²) in [5.74, 6) is 1.52. The molecule has 20 heavy (non-hydrogen) atoms. The molecule has 3 heteroatoms. The van der Waals surface area contributed by atoms with Crippen molar-refractivity contribution in [2.45, 2.75) is 12.8 Å². The number of Topliss-reactive ketones (excluding diaryl/α,β-unsaturated/α-hetero) is 1. The third-order valence-electron chi connectivity index (χ3n) is 3.34. The van der Waals surface area contributed by atoms with Gasteiger partial charge in [-0.1, -0.05) is 30.3 Å². The Morgan fingerprint density at radius 3 is 2.80 bits per heavy atom. The predicted molar refractivity (Wildman–Crippen MR) is 76.5 cm³/mol. The molecule has 102 valence electrons. The Bertz CT molecular complexity index is 605. The smallest absolute Gasteiger partial charge is 0.169 e. The van der Waals surface area contributed by atoms with Gasteiger partial charge in [0.05, 0.1) is 18.8 Å². The molecule has 0 saturated heterocycles. The van der Waals surface area contributed by atoms with E-state index in [-0.39, 0.29) is 5.78 Å². The fraction of sp³-hybridized carbons (Fsp3) is 0.235. The Morgan fingerprint density at radius 1 is 1.10 bits per heavy atom. The molecule has 0 spiro atoms. The Hall–Kier alpha value is -2.29. The zero-order valence-electron chi connectivity index (χ0n) is 11.2. The first-order valence-corrected chi connectivity index (χ1v) is 6.80. The molecule has 0 saturated carbocycles. The van der Waals surface area contributed by atoms with Crippen LogP contribution in [0.1, 0.15) is 22.3 Å². The molecule has 0 N–H and O–H groups in total. The van der Waals surface area contributed by atoms with Crippen molar-refractivity contribution in [3.05, 3.63) is 59.7 Å². The number of hydrogen-bond donors (Lipinski definition) is 0. The summed E-state index contributed by atoms with van der Waals surface area (Å²) >= 11 is 0. The van der Waals surface area contributed by atoms with Crippen molar-refractivity contribution in [2.24, 2.45) is 0 Å². The van der Waals surface area contributed by atoms with Crippen LogP contribution in [0.4, 0.5) is 0 Å². The number of benzene rings is 2. The van der Waals surface area contributed by atoms with Gasteiger partial charge in [0.1, 0.15) is 11.5 Å². The van der Waals surface area contributed by atoms with Crippen molar-refractivity contribution in [3.63, 3.8) is 0 Å². The maximum absolute atomic E-state index is 11.7. The summed E-state index contributed by atoms with van der Waals surface area (Å²) in [6, 6.07) is 15.6. The molecule has 0 unspecified atom stereocenters. The Balaban J connectivity index is 1.62. The maximum atomic E-state index is 11.7. The summed E-state index contributed by atoms with van der Waals surface area (Å²) < 4.78 is 11.2. The quantitative estimate of drug-likeness (QED) is 0.853. The van der Waals surface area contributed by atoms with Crippen molar-refractivity contribution in [3.8, 4) is 11.5 Å². The van der Waals surface area contributed by atoms with Gasteiger partial charge in [-0.2, -0.15) is 0 Å². The number of carbonyl (C=O) groups is 1. The first-order chi connectivity index (χ1) is 9.83. The number of ether oxygens (including phenoxy) is 2. The molecule has 1 aliphatic rings. The molecule has 1 heterocycles. The standard InChI is InChI=1S/C17H16O3/c18-16-9-11-20-17-12-14(6-7-15(16)17)19-10-8-13-4-2-1-3-5-13/h1-7,12H,8-11H2. The van der Waals surface area contributed by atoms with Gasteiger partial charge in [-0.05, 0) is 17.7 Å². The molecule has 2 aromatic carbocycles. The molecule has 0 amide bonds. The first kappa shape index (κ1) is 12.7. The fourth-order valence-electron chi connectivity index (χ4n) is 2.26. The number of rotatable bonds is 4. The van der Waals surface area contributed by atoms with Gasteiger partial charge in [0, 0.05) is 18.9 Å². The van der Waals surface area contributed by atoms with Crippen LogP contribution < -0.4 is 9.47 Å². The van der Waals surface area contributed by atoms with Crippen LogP contribution >= 0.6 is 0 Å². The molecule has 0 aliphatic carbocycles. The lowest BCUT2D eigenvalue weighted by Gasteiger charge is -2.17. The van der Waals surface area contributed by atoms with Gasteiger partial charge in [-0.3, -0.25) is 4.79 Å². The SMILES string of the molecule is O=C1CCOc2cc(OCCc3ccccc3)ccc21. The molecule has 0 atom stereocenters. The Morgan fingerprint density at radius 2 is 1.95 bits per heavy atom. The predicted octanol–water partition coefficient (Wildman–Crippen LogP) is 3.27. The van der Waals surface area contributed by atoms with Gasteiger partial charge in [0.25, 0.3) is 0 Å². The highest BCUT2D eigenvalue weighted by Gasteiger charge is 2.18. The van der Waals surface area contributed by atoms with E-state index in [0.717, 1.165) is 12.2 Å². The van der Waals surface area contributed by atoms with Crippen LogP contribution in [0.5, 0.6) is 11.5 Å². The van der Waals surface area contributed by atoms with Gasteiger partial charge in [-0.25, -0.2) is 0 Å². The van der Waals surface area contributed by atoms with Crippen LogP contribution in [0.15, 0.2) is 48.5 Å². The van der Waals surface area contributed by atoms with Gasteiger partial charge in [-0.15, -0.1) is 0 Å². The van der Waals surface area contributed by atoms with E-state index in [4.69, 9.17) is 9.47 Å². The summed E-state index contributed by atoms with van der Waals surface area (Å²) in [5, 5.41) is 0. The molecule has 0 radical (unpaired) electrons. The lowest BCUT2D eigenvalue weighted by Crippen LogP contribution is -2.15. The van der Waals surface area contributed by atoms with E-state index < -0.39 is 0 Å². The van der Waals surface area contributed by atoms with Gasteiger partial charge in [0.2, 0.25) is 0 Å². The highest BCUT2D eigenvalue weighted by molar-refractivity contribution is 5.99. The minimum atomic E-state index is 0.141. The Labute approximate surface area is 118 Å². The third kappa shape index (κ3) is 2.82. The lowest BCUT2D eigenvalue weighted by atomic mass is 10.1. The highest BCUT2D eigenvalue weighted by atomic mass is 16.5. The van der Waals surface area contributed by atoms with E-state index in [0.29, 0.717) is 30.9 Å². The van der Waals surface area contributed by atoms with Crippen molar-refractivity contribution >= 4 is 5.78 Å². The second kappa shape index (κ2) is 5.78. The first-order valence-electron chi connectivity index (χ1n) is 6.80. The minimum absolute atomic E-state index is 0.141. The topological polar surface area (TPSA) is 35.5 Å². The van der Waals surface area contributed by atoms with Crippen LogP contribution in [-0.2, 0) is 6.42 Å². The van der Waals surface area contributed by atoms with Gasteiger partial charge < -0.3 is 9.47 Å². The molecule has 1 aliphatic heterocycles. The second-order valence-electron chi connectivity index (χ2n) is 4.76. The van der Waals surface area contributed by atoms with Gasteiger partial charge >= 0.3 is 0 Å². The van der Waals surface area contributed by atoms with E-state index in [1.165, 1.54) is 5.56 Å². The largest absolute Gasteiger partial charge is 0.493 e. The van der Waals surface area contributed by atoms with Crippen molar-refractivity contribution in [1.82, 2.24) is 0 Å². The summed E-state index contributed by atoms with van der Waals surface area (Å²) in [7, 11) is 0. The monoisotopic (exact) mass is 268 g/mol. The van der Waals surface area contributed by atoms with Crippen LogP contribution in [0, 0.1) is 0 Å². The zero-order valence-corrected chi connectivity index (χ0v) is 11.2. The molecule has 3 rings (SSSR count). The Kier molecular flexibility index (Phi) is 3.68. The summed E-state index contributed by atoms with van der Waals surface area (Å²) in [6.45, 7) is 1.07. The molecule has 0 bridgehead atoms. The van der Waals surface area contributed by atoms with Crippen molar-refractivity contribution in [1.29, 1.82) is 0 Å². The number of hydrogen-bond acceptors (Lipinski definition) is 3. The third-order valence-corrected chi connectivity index (χ3v) is 3.34. The van der Waals surface area contributed by atoms with Gasteiger partial charge in [0.15, 0.2) is 5.78 Å². The molecular formula is C17H16O3. The number of fused-ring (bicyclic) bond motifs is 1. The van der Waals surface area contributed by atoms with Crippen LogP contribution in [0.3, 0.4) is 0 Å². The average molecular weight is 268 g/mol. The normalized spacial score (nSPS) is 13.5. The number of carbonyl (C=O) groups excluding carboxylic acids is 1. The van der Waals surface area contributed by atoms with E-state index in [9.17, 15) is 4.79 Å². The minimum Gasteiger partial charge on any atom is -0.493 e. The van der Waals surface area contributed by atoms with E-state index in [2.05, 4.69) is 12.1 Å². The molecule has 3 nitrogen and oxygen atoms in total. The molecule has 0 aromatic heterocycles. The van der Waals surface area contributed by atoms with Crippen molar-refractivity contribution in [2.75, 3.05) is 13.2 Å². The lowest BCUT2D eigenvalue weighted by molar-refractivity contribution is 0.0933. The van der Waals surface area contributed by atoms with Crippen LogP contribution in [0.2, 0.25) is 0 Å². The van der Waals surface area contributed by atoms with Crippen molar-refractivity contribution < 1.29 is 14.3 Å². The molecular weight excluding hydrogens is 252 g/mol. The summed E-state index contributed by atoms with van der Waals surface area (Å²) in [6.07, 6.45) is 1.32. The zero-order chi connectivity index (χ0) is 13.8. The number of ketones is 1. The summed E-state index contributed by atoms with van der Waals surface area (Å²) in [5.41, 5.74) is 1.91. The maximum Gasteiger partial charge on any atom is 0.169 e.